The topological polar surface area (TPSA) is 54.4 Å². The molecule has 1 atom stereocenters. The standard InChI is InChI=1S/C6H10O3S/c7-6(8)4-10(9)3-5-1-2-5/h5H,1-4H2,(H,7,8)/t10-/m1/s1. The maximum absolute atomic E-state index is 10.8. The van der Waals surface area contributed by atoms with Crippen LogP contribution in [0.5, 0.6) is 0 Å². The van der Waals surface area contributed by atoms with Crippen molar-refractivity contribution in [3.8, 4) is 0 Å². The molecule has 0 radical (unpaired) electrons. The monoisotopic (exact) mass is 162 g/mol. The van der Waals surface area contributed by atoms with E-state index in [2.05, 4.69) is 0 Å². The van der Waals surface area contributed by atoms with Gasteiger partial charge in [-0.1, -0.05) is 0 Å². The highest BCUT2D eigenvalue weighted by atomic mass is 32.2. The highest BCUT2D eigenvalue weighted by Gasteiger charge is 2.24. The van der Waals surface area contributed by atoms with Gasteiger partial charge in [0.1, 0.15) is 5.75 Å². The van der Waals surface area contributed by atoms with Crippen molar-refractivity contribution < 1.29 is 14.1 Å². The van der Waals surface area contributed by atoms with Gasteiger partial charge < -0.3 is 5.11 Å². The molecule has 0 unspecified atom stereocenters. The van der Waals surface area contributed by atoms with Crippen LogP contribution in [-0.2, 0) is 15.6 Å². The van der Waals surface area contributed by atoms with Gasteiger partial charge in [-0.15, -0.1) is 0 Å². The third kappa shape index (κ3) is 2.96. The summed E-state index contributed by atoms with van der Waals surface area (Å²) in [4.78, 5) is 10.0. The Labute approximate surface area is 61.9 Å². The Morgan fingerprint density at radius 1 is 1.60 bits per heavy atom. The largest absolute Gasteiger partial charge is 0.481 e. The minimum atomic E-state index is -1.12. The molecule has 0 spiro atoms. The predicted molar refractivity (Wildman–Crippen MR) is 38.2 cm³/mol. The van der Waals surface area contributed by atoms with E-state index in [1.165, 1.54) is 0 Å². The smallest absolute Gasteiger partial charge is 0.316 e. The molecule has 0 aromatic rings. The third-order valence-corrected chi connectivity index (χ3v) is 2.82. The molecule has 1 fully saturated rings. The minimum absolute atomic E-state index is 0.184. The molecule has 1 rings (SSSR count). The summed E-state index contributed by atoms with van der Waals surface area (Å²) in [5, 5.41) is 8.22. The van der Waals surface area contributed by atoms with Gasteiger partial charge in [0.05, 0.1) is 0 Å². The summed E-state index contributed by atoms with van der Waals surface area (Å²) in [6.45, 7) is 0. The average molecular weight is 162 g/mol. The van der Waals surface area contributed by atoms with Crippen molar-refractivity contribution >= 4 is 16.8 Å². The van der Waals surface area contributed by atoms with Crippen LogP contribution in [0, 0.1) is 5.92 Å². The zero-order chi connectivity index (χ0) is 7.56. The fraction of sp³-hybridized carbons (Fsp3) is 0.833. The molecule has 1 saturated carbocycles. The molecule has 1 aliphatic carbocycles. The van der Waals surface area contributed by atoms with Crippen molar-refractivity contribution in [2.24, 2.45) is 5.92 Å². The van der Waals surface area contributed by atoms with E-state index in [0.29, 0.717) is 11.7 Å². The van der Waals surface area contributed by atoms with Crippen LogP contribution in [0.2, 0.25) is 0 Å². The molecular formula is C6H10O3S. The van der Waals surface area contributed by atoms with E-state index in [-0.39, 0.29) is 5.75 Å². The molecule has 10 heavy (non-hydrogen) atoms. The van der Waals surface area contributed by atoms with Crippen molar-refractivity contribution in [3.05, 3.63) is 0 Å². The number of carboxylic acid groups (broad SMARTS) is 1. The van der Waals surface area contributed by atoms with Gasteiger partial charge in [-0.05, 0) is 18.8 Å². The van der Waals surface area contributed by atoms with Crippen LogP contribution < -0.4 is 0 Å². The van der Waals surface area contributed by atoms with E-state index in [9.17, 15) is 9.00 Å². The zero-order valence-corrected chi connectivity index (χ0v) is 6.39. The summed E-state index contributed by atoms with van der Waals surface area (Å²) in [5.41, 5.74) is 0. The Hall–Kier alpha value is -0.380. The van der Waals surface area contributed by atoms with Gasteiger partial charge in [0, 0.05) is 16.6 Å². The lowest BCUT2D eigenvalue weighted by Gasteiger charge is -1.93. The number of rotatable bonds is 4. The van der Waals surface area contributed by atoms with Crippen LogP contribution in [0.1, 0.15) is 12.8 Å². The Morgan fingerprint density at radius 3 is 2.60 bits per heavy atom. The zero-order valence-electron chi connectivity index (χ0n) is 5.58. The Balaban J connectivity index is 2.14. The van der Waals surface area contributed by atoms with Gasteiger partial charge in [0.2, 0.25) is 0 Å². The molecule has 0 saturated heterocycles. The molecule has 0 aromatic heterocycles. The fourth-order valence-corrected chi connectivity index (χ4v) is 2.00. The van der Waals surface area contributed by atoms with Crippen LogP contribution in [0.15, 0.2) is 0 Å². The van der Waals surface area contributed by atoms with Crippen molar-refractivity contribution in [3.63, 3.8) is 0 Å². The lowest BCUT2D eigenvalue weighted by atomic mass is 10.5. The Bertz CT molecular complexity index is 162. The summed E-state index contributed by atoms with van der Waals surface area (Å²) < 4.78 is 10.8. The van der Waals surface area contributed by atoms with Crippen LogP contribution in [-0.4, -0.2) is 26.8 Å². The first-order valence-electron chi connectivity index (χ1n) is 3.25. The summed E-state index contributed by atoms with van der Waals surface area (Å²) in [7, 11) is -1.12. The molecule has 0 bridgehead atoms. The molecule has 4 heteroatoms. The summed E-state index contributed by atoms with van der Waals surface area (Å²) in [5.74, 6) is 0.00201. The highest BCUT2D eigenvalue weighted by Crippen LogP contribution is 2.29. The van der Waals surface area contributed by atoms with Gasteiger partial charge in [0.25, 0.3) is 0 Å². The molecule has 0 amide bonds. The fourth-order valence-electron chi connectivity index (χ4n) is 0.744. The van der Waals surface area contributed by atoms with Gasteiger partial charge >= 0.3 is 5.97 Å². The van der Waals surface area contributed by atoms with E-state index in [1.54, 1.807) is 0 Å². The first kappa shape index (κ1) is 7.72. The predicted octanol–water partition coefficient (Wildman–Crippen LogP) is 0.230. The van der Waals surface area contributed by atoms with E-state index < -0.39 is 16.8 Å². The molecule has 1 N–H and O–H groups in total. The summed E-state index contributed by atoms with van der Waals surface area (Å²) in [6.07, 6.45) is 2.26. The number of hydrogen-bond donors (Lipinski definition) is 1. The van der Waals surface area contributed by atoms with E-state index >= 15 is 0 Å². The van der Waals surface area contributed by atoms with Crippen molar-refractivity contribution in [2.45, 2.75) is 12.8 Å². The maximum Gasteiger partial charge on any atom is 0.316 e. The quantitative estimate of drug-likeness (QED) is 0.643. The molecule has 0 aliphatic heterocycles. The first-order chi connectivity index (χ1) is 4.68. The Kier molecular flexibility index (Phi) is 2.43. The van der Waals surface area contributed by atoms with Crippen LogP contribution in [0.4, 0.5) is 0 Å². The molecule has 1 aliphatic rings. The van der Waals surface area contributed by atoms with E-state index in [1.807, 2.05) is 0 Å². The maximum atomic E-state index is 10.8. The average Bonchev–Trinajstić information content (AvgIpc) is 2.46. The number of carboxylic acids is 1. The first-order valence-corrected chi connectivity index (χ1v) is 4.74. The van der Waals surface area contributed by atoms with Gasteiger partial charge in [-0.2, -0.15) is 0 Å². The summed E-state index contributed by atoms with van der Waals surface area (Å²) >= 11 is 0. The second-order valence-electron chi connectivity index (χ2n) is 2.59. The molecule has 58 valence electrons. The number of hydrogen-bond acceptors (Lipinski definition) is 2. The van der Waals surface area contributed by atoms with Gasteiger partial charge in [0.15, 0.2) is 0 Å². The third-order valence-electron chi connectivity index (χ3n) is 1.40. The normalized spacial score (nSPS) is 20.4. The molecule has 3 nitrogen and oxygen atoms in total. The lowest BCUT2D eigenvalue weighted by Crippen LogP contribution is -2.12. The SMILES string of the molecule is O=C(O)C[S@](=O)CC1CC1. The number of carbonyl (C=O) groups is 1. The minimum Gasteiger partial charge on any atom is -0.481 e. The highest BCUT2D eigenvalue weighted by molar-refractivity contribution is 7.85. The second-order valence-corrected chi connectivity index (χ2v) is 4.09. The van der Waals surface area contributed by atoms with Gasteiger partial charge in [-0.25, -0.2) is 0 Å². The molecule has 0 heterocycles. The van der Waals surface area contributed by atoms with Gasteiger partial charge in [-0.3, -0.25) is 9.00 Å². The van der Waals surface area contributed by atoms with Crippen LogP contribution in [0.3, 0.4) is 0 Å². The Morgan fingerprint density at radius 2 is 2.20 bits per heavy atom. The van der Waals surface area contributed by atoms with E-state index in [0.717, 1.165) is 12.8 Å². The van der Waals surface area contributed by atoms with E-state index in [4.69, 9.17) is 5.11 Å². The lowest BCUT2D eigenvalue weighted by molar-refractivity contribution is -0.133. The summed E-state index contributed by atoms with van der Waals surface area (Å²) in [6, 6.07) is 0. The van der Waals surface area contributed by atoms with Crippen LogP contribution in [0.25, 0.3) is 0 Å². The second kappa shape index (κ2) is 3.14. The molecular weight excluding hydrogens is 152 g/mol. The van der Waals surface area contributed by atoms with Crippen LogP contribution >= 0.6 is 0 Å². The van der Waals surface area contributed by atoms with Crippen molar-refractivity contribution in [2.75, 3.05) is 11.5 Å². The number of aliphatic carboxylic acids is 1. The van der Waals surface area contributed by atoms with Crippen molar-refractivity contribution in [1.82, 2.24) is 0 Å². The van der Waals surface area contributed by atoms with Crippen molar-refractivity contribution in [1.29, 1.82) is 0 Å². The molecule has 0 aromatic carbocycles.